The summed E-state index contributed by atoms with van der Waals surface area (Å²) in [6, 6.07) is 0. The van der Waals surface area contributed by atoms with Crippen LogP contribution in [0.15, 0.2) is 46.6 Å². The van der Waals surface area contributed by atoms with Gasteiger partial charge < -0.3 is 10.5 Å². The zero-order chi connectivity index (χ0) is 18.4. The van der Waals surface area contributed by atoms with E-state index in [0.717, 1.165) is 32.1 Å². The third-order valence-electron chi connectivity index (χ3n) is 3.81. The van der Waals surface area contributed by atoms with Crippen molar-refractivity contribution in [3.8, 4) is 0 Å². The Labute approximate surface area is 154 Å². The van der Waals surface area contributed by atoms with E-state index in [0.29, 0.717) is 6.61 Å². The lowest BCUT2D eigenvalue weighted by molar-refractivity contribution is 0.353. The summed E-state index contributed by atoms with van der Waals surface area (Å²) in [7, 11) is 0. The van der Waals surface area contributed by atoms with Gasteiger partial charge in [-0.15, -0.1) is 0 Å². The molecule has 0 aliphatic rings. The molecule has 2 nitrogen and oxygen atoms in total. The normalized spacial score (nSPS) is 13.0. The van der Waals surface area contributed by atoms with Gasteiger partial charge in [-0.25, -0.2) is 0 Å². The van der Waals surface area contributed by atoms with Crippen LogP contribution < -0.4 is 5.73 Å². The molecule has 0 radical (unpaired) electrons. The first-order valence-corrected chi connectivity index (χ1v) is 9.24. The molecular weight excluding hydrogens is 314 g/mol. The largest absolute Gasteiger partial charge is 0.467 e. The maximum absolute atomic E-state index is 5.29. The van der Waals surface area contributed by atoms with E-state index in [1.165, 1.54) is 28.7 Å². The fraction of sp³-hybridized carbons (Fsp3) is 0.571. The lowest BCUT2D eigenvalue weighted by Crippen LogP contribution is -2.12. The van der Waals surface area contributed by atoms with Gasteiger partial charge in [-0.1, -0.05) is 40.5 Å². The molecule has 0 saturated carbocycles. The molecule has 136 valence electrons. The van der Waals surface area contributed by atoms with E-state index < -0.39 is 0 Å². The Morgan fingerprint density at radius 2 is 1.17 bits per heavy atom. The Kier molecular flexibility index (Phi) is 13.2. The van der Waals surface area contributed by atoms with E-state index >= 15 is 0 Å². The van der Waals surface area contributed by atoms with Crippen molar-refractivity contribution in [3.63, 3.8) is 0 Å². The highest BCUT2D eigenvalue weighted by Crippen LogP contribution is 2.13. The Bertz CT molecular complexity index is 494. The van der Waals surface area contributed by atoms with E-state index in [4.69, 9.17) is 10.5 Å². The molecule has 0 aromatic carbocycles. The monoisotopic (exact) mass is 349 g/mol. The maximum Gasteiger partial charge on any atom is 0.254 e. The van der Waals surface area contributed by atoms with Crippen LogP contribution in [-0.2, 0) is 4.74 Å². The minimum Gasteiger partial charge on any atom is -0.467 e. The van der Waals surface area contributed by atoms with Crippen LogP contribution in [0.1, 0.15) is 73.1 Å². The van der Waals surface area contributed by atoms with Crippen LogP contribution in [0.4, 0.5) is 0 Å². The molecule has 24 heavy (non-hydrogen) atoms. The topological polar surface area (TPSA) is 35.2 Å². The van der Waals surface area contributed by atoms with Crippen molar-refractivity contribution >= 4 is 17.4 Å². The lowest BCUT2D eigenvalue weighted by Gasteiger charge is -2.03. The molecule has 3 heteroatoms. The van der Waals surface area contributed by atoms with Crippen molar-refractivity contribution in [3.05, 3.63) is 46.6 Å². The predicted octanol–water partition coefficient (Wildman–Crippen LogP) is 6.39. The second-order valence-electron chi connectivity index (χ2n) is 6.68. The van der Waals surface area contributed by atoms with Gasteiger partial charge in [-0.2, -0.15) is 0 Å². The summed E-state index contributed by atoms with van der Waals surface area (Å²) in [6.07, 6.45) is 15.8. The SMILES string of the molecule is CC(C)=CCC/C(C)=C/CC/C(C)=C/CC/C(C)=C/COC(N)=S. The number of rotatable bonds is 11. The van der Waals surface area contributed by atoms with Crippen molar-refractivity contribution in [2.75, 3.05) is 6.61 Å². The van der Waals surface area contributed by atoms with Gasteiger partial charge in [-0.3, -0.25) is 0 Å². The van der Waals surface area contributed by atoms with Crippen LogP contribution in [0.25, 0.3) is 0 Å². The number of allylic oxidation sites excluding steroid dienone is 7. The fourth-order valence-corrected chi connectivity index (χ4v) is 2.32. The van der Waals surface area contributed by atoms with Gasteiger partial charge in [0.15, 0.2) is 0 Å². The summed E-state index contributed by atoms with van der Waals surface area (Å²) in [4.78, 5) is 0. The summed E-state index contributed by atoms with van der Waals surface area (Å²) in [6.45, 7) is 11.4. The molecule has 0 rings (SSSR count). The highest BCUT2D eigenvalue weighted by Gasteiger charge is 1.94. The average molecular weight is 350 g/mol. The maximum atomic E-state index is 5.29. The van der Waals surface area contributed by atoms with Gasteiger partial charge in [0, 0.05) is 0 Å². The van der Waals surface area contributed by atoms with Crippen molar-refractivity contribution in [2.24, 2.45) is 5.73 Å². The molecule has 0 saturated heterocycles. The smallest absolute Gasteiger partial charge is 0.254 e. The first-order valence-electron chi connectivity index (χ1n) is 8.83. The van der Waals surface area contributed by atoms with Crippen LogP contribution in [0.2, 0.25) is 0 Å². The highest BCUT2D eigenvalue weighted by atomic mass is 32.1. The minimum absolute atomic E-state index is 0.110. The molecule has 0 bridgehead atoms. The summed E-state index contributed by atoms with van der Waals surface area (Å²) in [5.74, 6) is 0. The zero-order valence-electron chi connectivity index (χ0n) is 16.2. The Hall–Kier alpha value is -1.35. The molecule has 0 aliphatic carbocycles. The first kappa shape index (κ1) is 22.6. The summed E-state index contributed by atoms with van der Waals surface area (Å²) in [5.41, 5.74) is 11.0. The number of nitrogens with two attached hydrogens (primary N) is 1. The molecule has 0 heterocycles. The Morgan fingerprint density at radius 3 is 1.58 bits per heavy atom. The van der Waals surface area contributed by atoms with Gasteiger partial charge in [0.25, 0.3) is 5.17 Å². The zero-order valence-corrected chi connectivity index (χ0v) is 17.0. The van der Waals surface area contributed by atoms with E-state index in [9.17, 15) is 0 Å². The Morgan fingerprint density at radius 1 is 0.750 bits per heavy atom. The third-order valence-corrected chi connectivity index (χ3v) is 3.93. The summed E-state index contributed by atoms with van der Waals surface area (Å²) >= 11 is 4.67. The molecule has 0 unspecified atom stereocenters. The second-order valence-corrected chi connectivity index (χ2v) is 7.08. The molecule has 0 aromatic rings. The van der Waals surface area contributed by atoms with Crippen molar-refractivity contribution in [1.82, 2.24) is 0 Å². The van der Waals surface area contributed by atoms with Crippen LogP contribution >= 0.6 is 12.2 Å². The standard InChI is InChI=1S/C21H35NOS/c1-17(2)9-6-10-18(3)11-7-12-19(4)13-8-14-20(5)15-16-23-21(22)24/h9,11,13,15H,6-8,10,12,14,16H2,1-5H3,(H2,22,24)/b18-11+,19-13+,20-15+. The van der Waals surface area contributed by atoms with Gasteiger partial charge in [0.1, 0.15) is 6.61 Å². The Balaban J connectivity index is 3.98. The summed E-state index contributed by atoms with van der Waals surface area (Å²) < 4.78 is 5.06. The second kappa shape index (κ2) is 14.0. The quantitative estimate of drug-likeness (QED) is 0.346. The van der Waals surface area contributed by atoms with Gasteiger partial charge >= 0.3 is 0 Å². The van der Waals surface area contributed by atoms with Crippen molar-refractivity contribution < 1.29 is 4.74 Å². The van der Waals surface area contributed by atoms with Gasteiger partial charge in [-0.05, 0) is 91.4 Å². The van der Waals surface area contributed by atoms with E-state index in [1.54, 1.807) is 0 Å². The molecule has 0 atom stereocenters. The lowest BCUT2D eigenvalue weighted by atomic mass is 10.0. The van der Waals surface area contributed by atoms with Crippen molar-refractivity contribution in [2.45, 2.75) is 73.1 Å². The number of thiocarbonyl (C=S) groups is 1. The first-order chi connectivity index (χ1) is 11.3. The van der Waals surface area contributed by atoms with Gasteiger partial charge in [0.2, 0.25) is 0 Å². The third kappa shape index (κ3) is 15.5. The number of ether oxygens (including phenoxy) is 1. The molecule has 0 aliphatic heterocycles. The molecule has 0 amide bonds. The van der Waals surface area contributed by atoms with E-state index in [2.05, 4.69) is 65.1 Å². The van der Waals surface area contributed by atoms with Crippen LogP contribution in [0, 0.1) is 0 Å². The van der Waals surface area contributed by atoms with E-state index in [1.807, 2.05) is 6.08 Å². The van der Waals surface area contributed by atoms with Crippen molar-refractivity contribution in [1.29, 1.82) is 0 Å². The van der Waals surface area contributed by atoms with Crippen LogP contribution in [0.3, 0.4) is 0 Å². The van der Waals surface area contributed by atoms with Gasteiger partial charge in [0.05, 0.1) is 0 Å². The molecular formula is C21H35NOS. The van der Waals surface area contributed by atoms with E-state index in [-0.39, 0.29) is 5.17 Å². The highest BCUT2D eigenvalue weighted by molar-refractivity contribution is 7.80. The van der Waals surface area contributed by atoms with Crippen LogP contribution in [0.5, 0.6) is 0 Å². The fourth-order valence-electron chi connectivity index (χ4n) is 2.25. The number of hydrogen-bond donors (Lipinski definition) is 1. The molecule has 0 fully saturated rings. The average Bonchev–Trinajstić information content (AvgIpc) is 2.46. The molecule has 2 N–H and O–H groups in total. The summed E-state index contributed by atoms with van der Waals surface area (Å²) in [5, 5.41) is 0.110. The predicted molar refractivity (Wildman–Crippen MR) is 111 cm³/mol. The molecule has 0 aromatic heterocycles. The number of hydrogen-bond acceptors (Lipinski definition) is 2. The molecule has 0 spiro atoms. The minimum atomic E-state index is 0.110. The van der Waals surface area contributed by atoms with Crippen LogP contribution in [-0.4, -0.2) is 11.8 Å².